The molecule has 0 aromatic heterocycles. The monoisotopic (exact) mass is 371 g/mol. The van der Waals surface area contributed by atoms with Crippen LogP contribution in [0.5, 0.6) is 0 Å². The van der Waals surface area contributed by atoms with Crippen LogP contribution in [0.1, 0.15) is 57.1 Å². The van der Waals surface area contributed by atoms with E-state index in [0.717, 1.165) is 43.0 Å². The van der Waals surface area contributed by atoms with Gasteiger partial charge in [0.15, 0.2) is 0 Å². The van der Waals surface area contributed by atoms with E-state index in [0.29, 0.717) is 18.3 Å². The number of amides is 2. The summed E-state index contributed by atoms with van der Waals surface area (Å²) in [6.07, 6.45) is 0.678. The second kappa shape index (κ2) is 8.01. The summed E-state index contributed by atoms with van der Waals surface area (Å²) in [5.74, 6) is 0.503. The van der Waals surface area contributed by atoms with Gasteiger partial charge in [0, 0.05) is 31.9 Å². The molecule has 1 aromatic rings. The molecule has 1 N–H and O–H groups in total. The van der Waals surface area contributed by atoms with Crippen LogP contribution in [0.15, 0.2) is 18.2 Å². The molecule has 0 bridgehead atoms. The molecule has 2 atom stereocenters. The van der Waals surface area contributed by atoms with Gasteiger partial charge in [-0.25, -0.2) is 0 Å². The van der Waals surface area contributed by atoms with Crippen LogP contribution >= 0.6 is 0 Å². The first kappa shape index (κ1) is 19.9. The number of rotatable bonds is 5. The lowest BCUT2D eigenvalue weighted by atomic mass is 9.92. The van der Waals surface area contributed by atoms with Crippen molar-refractivity contribution >= 4 is 17.5 Å². The number of benzene rings is 1. The van der Waals surface area contributed by atoms with Crippen molar-refractivity contribution in [3.05, 3.63) is 29.3 Å². The van der Waals surface area contributed by atoms with Gasteiger partial charge >= 0.3 is 0 Å². The lowest BCUT2D eigenvalue weighted by molar-refractivity contribution is -0.135. The van der Waals surface area contributed by atoms with Crippen LogP contribution in [-0.4, -0.2) is 54.8 Å². The molecule has 5 nitrogen and oxygen atoms in total. The molecule has 5 heteroatoms. The van der Waals surface area contributed by atoms with Crippen LogP contribution in [0.25, 0.3) is 0 Å². The normalized spacial score (nSPS) is 23.0. The lowest BCUT2D eigenvalue weighted by Crippen LogP contribution is -2.48. The van der Waals surface area contributed by atoms with Crippen molar-refractivity contribution in [1.29, 1.82) is 0 Å². The van der Waals surface area contributed by atoms with E-state index in [1.807, 2.05) is 4.90 Å². The van der Waals surface area contributed by atoms with Crippen LogP contribution in [0.4, 0.5) is 5.69 Å². The summed E-state index contributed by atoms with van der Waals surface area (Å²) in [6.45, 7) is 11.9. The minimum atomic E-state index is -0.183. The number of piperazine rings is 1. The minimum Gasteiger partial charge on any atom is -0.340 e. The Morgan fingerprint density at radius 1 is 0.963 bits per heavy atom. The van der Waals surface area contributed by atoms with E-state index in [1.165, 1.54) is 0 Å². The predicted octanol–water partition coefficient (Wildman–Crippen LogP) is 3.28. The number of carbonyl (C=O) groups is 2. The summed E-state index contributed by atoms with van der Waals surface area (Å²) >= 11 is 0. The molecule has 1 saturated heterocycles. The summed E-state index contributed by atoms with van der Waals surface area (Å²) in [5, 5.41) is 3.18. The van der Waals surface area contributed by atoms with Crippen molar-refractivity contribution in [1.82, 2.24) is 9.80 Å². The standard InChI is InChI=1S/C22H33N3O2/c1-14(2)16-7-6-8-17(15(3)4)20(16)23-21(26)18-13-19(18)22(27)25-11-9-24(5)10-12-25/h6-8,14-15,18-19H,9-13H2,1-5H3,(H,23,26). The van der Waals surface area contributed by atoms with E-state index in [9.17, 15) is 9.59 Å². The number of carbonyl (C=O) groups excluding carboxylic acids is 2. The molecule has 2 aliphatic rings. The van der Waals surface area contributed by atoms with Crippen molar-refractivity contribution in [3.8, 4) is 0 Å². The summed E-state index contributed by atoms with van der Waals surface area (Å²) < 4.78 is 0. The maximum Gasteiger partial charge on any atom is 0.228 e. The molecular weight excluding hydrogens is 338 g/mol. The van der Waals surface area contributed by atoms with Crippen molar-refractivity contribution in [2.75, 3.05) is 38.5 Å². The molecule has 1 heterocycles. The molecule has 0 radical (unpaired) electrons. The number of para-hydroxylation sites is 1. The molecular formula is C22H33N3O2. The van der Waals surface area contributed by atoms with Crippen LogP contribution < -0.4 is 5.32 Å². The van der Waals surface area contributed by atoms with Gasteiger partial charge in [-0.2, -0.15) is 0 Å². The number of nitrogens with zero attached hydrogens (tertiary/aromatic N) is 2. The molecule has 1 aliphatic carbocycles. The second-order valence-electron chi connectivity index (χ2n) is 8.69. The first-order valence-corrected chi connectivity index (χ1v) is 10.2. The van der Waals surface area contributed by atoms with E-state index in [2.05, 4.69) is 63.2 Å². The van der Waals surface area contributed by atoms with Crippen LogP contribution in [0, 0.1) is 11.8 Å². The Hall–Kier alpha value is -1.88. The molecule has 2 amide bonds. The Bertz CT molecular complexity index is 679. The Labute approximate surface area is 163 Å². The average Bonchev–Trinajstić information content (AvgIpc) is 3.42. The largest absolute Gasteiger partial charge is 0.340 e. The second-order valence-corrected chi connectivity index (χ2v) is 8.69. The Morgan fingerprint density at radius 2 is 1.52 bits per heavy atom. The van der Waals surface area contributed by atoms with E-state index >= 15 is 0 Å². The number of anilines is 1. The molecule has 2 unspecified atom stereocenters. The van der Waals surface area contributed by atoms with Crippen molar-refractivity contribution in [2.45, 2.75) is 46.0 Å². The van der Waals surface area contributed by atoms with Gasteiger partial charge in [0.2, 0.25) is 11.8 Å². The quantitative estimate of drug-likeness (QED) is 0.864. The number of nitrogens with one attached hydrogen (secondary N) is 1. The van der Waals surface area contributed by atoms with E-state index in [1.54, 1.807) is 0 Å². The first-order chi connectivity index (χ1) is 12.8. The first-order valence-electron chi connectivity index (χ1n) is 10.2. The zero-order valence-corrected chi connectivity index (χ0v) is 17.3. The zero-order chi connectivity index (χ0) is 19.7. The van der Waals surface area contributed by atoms with Gasteiger partial charge in [0.1, 0.15) is 0 Å². The van der Waals surface area contributed by atoms with E-state index in [4.69, 9.17) is 0 Å². The maximum absolute atomic E-state index is 12.9. The van der Waals surface area contributed by atoms with Gasteiger partial charge in [0.05, 0.1) is 11.8 Å². The predicted molar refractivity (Wildman–Crippen MR) is 109 cm³/mol. The highest BCUT2D eigenvalue weighted by Crippen LogP contribution is 2.42. The lowest BCUT2D eigenvalue weighted by Gasteiger charge is -2.32. The van der Waals surface area contributed by atoms with Gasteiger partial charge in [-0.15, -0.1) is 0 Å². The molecule has 0 spiro atoms. The number of likely N-dealkylation sites (N-methyl/N-ethyl adjacent to an activating group) is 1. The molecule has 2 fully saturated rings. The summed E-state index contributed by atoms with van der Waals surface area (Å²) in [7, 11) is 2.08. The fourth-order valence-corrected chi connectivity index (χ4v) is 3.93. The fraction of sp³-hybridized carbons (Fsp3) is 0.636. The topological polar surface area (TPSA) is 52.7 Å². The van der Waals surface area contributed by atoms with Crippen LogP contribution in [0.3, 0.4) is 0 Å². The van der Waals surface area contributed by atoms with Crippen LogP contribution in [-0.2, 0) is 9.59 Å². The highest BCUT2D eigenvalue weighted by atomic mass is 16.2. The number of hydrogen-bond donors (Lipinski definition) is 1. The van der Waals surface area contributed by atoms with Crippen molar-refractivity contribution in [2.24, 2.45) is 11.8 Å². The average molecular weight is 372 g/mol. The molecule has 1 aromatic carbocycles. The molecule has 1 saturated carbocycles. The SMILES string of the molecule is CC(C)c1cccc(C(C)C)c1NC(=O)C1CC1C(=O)N1CCN(C)CC1. The smallest absolute Gasteiger partial charge is 0.228 e. The highest BCUT2D eigenvalue weighted by molar-refractivity contribution is 6.00. The van der Waals surface area contributed by atoms with Crippen molar-refractivity contribution in [3.63, 3.8) is 0 Å². The van der Waals surface area contributed by atoms with Gasteiger partial charge in [0.25, 0.3) is 0 Å². The van der Waals surface area contributed by atoms with Gasteiger partial charge < -0.3 is 15.1 Å². The van der Waals surface area contributed by atoms with Gasteiger partial charge in [-0.05, 0) is 36.4 Å². The molecule has 148 valence electrons. The zero-order valence-electron chi connectivity index (χ0n) is 17.3. The Morgan fingerprint density at radius 3 is 2.04 bits per heavy atom. The number of hydrogen-bond acceptors (Lipinski definition) is 3. The Balaban J connectivity index is 1.68. The molecule has 1 aliphatic heterocycles. The third-order valence-electron chi connectivity index (χ3n) is 5.88. The summed E-state index contributed by atoms with van der Waals surface area (Å²) in [4.78, 5) is 29.8. The molecule has 3 rings (SSSR count). The van der Waals surface area contributed by atoms with E-state index in [-0.39, 0.29) is 23.7 Å². The van der Waals surface area contributed by atoms with Crippen molar-refractivity contribution < 1.29 is 9.59 Å². The molecule has 27 heavy (non-hydrogen) atoms. The van der Waals surface area contributed by atoms with E-state index < -0.39 is 0 Å². The Kier molecular flexibility index (Phi) is 5.89. The maximum atomic E-state index is 12.9. The fourth-order valence-electron chi connectivity index (χ4n) is 3.93. The van der Waals surface area contributed by atoms with Crippen LogP contribution in [0.2, 0.25) is 0 Å². The van der Waals surface area contributed by atoms with Gasteiger partial charge in [-0.3, -0.25) is 9.59 Å². The third-order valence-corrected chi connectivity index (χ3v) is 5.88. The minimum absolute atomic E-state index is 0.00234. The van der Waals surface area contributed by atoms with Gasteiger partial charge in [-0.1, -0.05) is 45.9 Å². The summed E-state index contributed by atoms with van der Waals surface area (Å²) in [5.41, 5.74) is 3.28. The highest BCUT2D eigenvalue weighted by Gasteiger charge is 2.49. The summed E-state index contributed by atoms with van der Waals surface area (Å²) in [6, 6.07) is 6.25. The third kappa shape index (κ3) is 4.34.